The van der Waals surface area contributed by atoms with Crippen LogP contribution in [0.1, 0.15) is 46.8 Å². The lowest BCUT2D eigenvalue weighted by molar-refractivity contribution is 0.0784. The number of anilines is 1. The van der Waals surface area contributed by atoms with Crippen LogP contribution in [0, 0.1) is 6.92 Å². The van der Waals surface area contributed by atoms with Crippen molar-refractivity contribution in [3.05, 3.63) is 89.2 Å². The van der Waals surface area contributed by atoms with Gasteiger partial charge in [-0.2, -0.15) is 0 Å². The lowest BCUT2D eigenvalue weighted by atomic mass is 10.1. The summed E-state index contributed by atoms with van der Waals surface area (Å²) in [6.45, 7) is 4.24. The lowest BCUT2D eigenvalue weighted by Gasteiger charge is -2.18. The molecule has 0 bridgehead atoms. The first kappa shape index (κ1) is 23.5. The van der Waals surface area contributed by atoms with Gasteiger partial charge in [0.25, 0.3) is 15.9 Å². The van der Waals surface area contributed by atoms with Gasteiger partial charge in [0.2, 0.25) is 0 Å². The molecule has 6 nitrogen and oxygen atoms in total. The van der Waals surface area contributed by atoms with E-state index in [1.165, 1.54) is 11.6 Å². The molecule has 168 valence electrons. The zero-order valence-corrected chi connectivity index (χ0v) is 19.5. The van der Waals surface area contributed by atoms with Gasteiger partial charge >= 0.3 is 0 Å². The molecule has 1 aromatic heterocycles. The summed E-state index contributed by atoms with van der Waals surface area (Å²) >= 11 is 0. The number of unbranched alkanes of at least 4 members (excludes halogenated alkanes) is 1. The number of aromatic nitrogens is 1. The summed E-state index contributed by atoms with van der Waals surface area (Å²) in [4.78, 5) is 18.6. The molecule has 0 spiro atoms. The fourth-order valence-electron chi connectivity index (χ4n) is 3.41. The molecule has 0 atom stereocenters. The molecular formula is C25H29N3O3S. The van der Waals surface area contributed by atoms with E-state index >= 15 is 0 Å². The predicted molar refractivity (Wildman–Crippen MR) is 127 cm³/mol. The molecule has 1 heterocycles. The number of hydrogen-bond acceptors (Lipinski definition) is 4. The van der Waals surface area contributed by atoms with Gasteiger partial charge in [0, 0.05) is 37.2 Å². The Morgan fingerprint density at radius 1 is 1.06 bits per heavy atom. The Kier molecular flexibility index (Phi) is 7.64. The second-order valence-corrected chi connectivity index (χ2v) is 9.56. The van der Waals surface area contributed by atoms with Gasteiger partial charge in [0.05, 0.1) is 4.90 Å². The van der Waals surface area contributed by atoms with Gasteiger partial charge in [0.1, 0.15) is 0 Å². The summed E-state index contributed by atoms with van der Waals surface area (Å²) in [7, 11) is -2.16. The number of benzene rings is 2. The van der Waals surface area contributed by atoms with E-state index in [4.69, 9.17) is 0 Å². The molecule has 3 rings (SSSR count). The highest BCUT2D eigenvalue weighted by atomic mass is 32.2. The van der Waals surface area contributed by atoms with E-state index < -0.39 is 10.0 Å². The molecule has 1 amide bonds. The number of pyridine rings is 1. The molecule has 3 aromatic rings. The molecule has 1 N–H and O–H groups in total. The van der Waals surface area contributed by atoms with Crippen LogP contribution in [0.3, 0.4) is 0 Å². The number of hydrogen-bond donors (Lipinski definition) is 1. The van der Waals surface area contributed by atoms with Gasteiger partial charge in [-0.25, -0.2) is 8.42 Å². The topological polar surface area (TPSA) is 79.4 Å². The fraction of sp³-hybridized carbons (Fsp3) is 0.280. The van der Waals surface area contributed by atoms with E-state index in [0.29, 0.717) is 23.4 Å². The third-order valence-corrected chi connectivity index (χ3v) is 6.76. The van der Waals surface area contributed by atoms with E-state index in [1.54, 1.807) is 55.5 Å². The van der Waals surface area contributed by atoms with Crippen molar-refractivity contribution >= 4 is 21.6 Å². The Morgan fingerprint density at radius 3 is 2.47 bits per heavy atom. The maximum Gasteiger partial charge on any atom is 0.262 e. The van der Waals surface area contributed by atoms with E-state index in [1.807, 2.05) is 24.3 Å². The third kappa shape index (κ3) is 5.95. The van der Waals surface area contributed by atoms with Crippen LogP contribution in [0.4, 0.5) is 5.69 Å². The summed E-state index contributed by atoms with van der Waals surface area (Å²) in [6, 6.07) is 15.9. The van der Waals surface area contributed by atoms with Crippen molar-refractivity contribution in [1.29, 1.82) is 0 Å². The Balaban J connectivity index is 1.78. The average molecular weight is 452 g/mol. The van der Waals surface area contributed by atoms with Crippen LogP contribution in [0.2, 0.25) is 0 Å². The Morgan fingerprint density at radius 2 is 1.81 bits per heavy atom. The van der Waals surface area contributed by atoms with E-state index in [-0.39, 0.29) is 10.8 Å². The summed E-state index contributed by atoms with van der Waals surface area (Å²) in [5.74, 6) is -0.259. The number of nitrogens with one attached hydrogen (secondary N) is 1. The number of carbonyl (C=O) groups is 1. The van der Waals surface area contributed by atoms with Crippen molar-refractivity contribution in [3.8, 4) is 0 Å². The van der Waals surface area contributed by atoms with Gasteiger partial charge in [-0.05, 0) is 66.8 Å². The monoisotopic (exact) mass is 451 g/mol. The van der Waals surface area contributed by atoms with E-state index in [2.05, 4.69) is 16.6 Å². The first-order valence-corrected chi connectivity index (χ1v) is 12.1. The molecule has 0 unspecified atom stereocenters. The zero-order chi connectivity index (χ0) is 23.1. The van der Waals surface area contributed by atoms with Crippen molar-refractivity contribution in [3.63, 3.8) is 0 Å². The summed E-state index contributed by atoms with van der Waals surface area (Å²) < 4.78 is 28.8. The van der Waals surface area contributed by atoms with E-state index in [9.17, 15) is 13.2 Å². The second kappa shape index (κ2) is 10.4. The van der Waals surface area contributed by atoms with Crippen LogP contribution in [0.5, 0.6) is 0 Å². The Hall–Kier alpha value is -3.19. The number of aryl methyl sites for hydroxylation is 2. The standard InChI is InChI=1S/C25H29N3O3S/c1-4-5-7-20-10-13-23(14-11-20)27-32(30,31)24-16-22(12-9-19(24)2)25(29)28(3)18-21-8-6-15-26-17-21/h6,8-17,27H,4-5,7,18H2,1-3H3. The Labute approximate surface area is 190 Å². The molecule has 0 fully saturated rings. The van der Waals surface area contributed by atoms with Crippen LogP contribution >= 0.6 is 0 Å². The second-order valence-electron chi connectivity index (χ2n) is 7.91. The van der Waals surface area contributed by atoms with Crippen molar-refractivity contribution in [2.45, 2.75) is 44.6 Å². The van der Waals surface area contributed by atoms with Gasteiger partial charge in [-0.15, -0.1) is 0 Å². The number of rotatable bonds is 9. The summed E-state index contributed by atoms with van der Waals surface area (Å²) in [5, 5.41) is 0. The largest absolute Gasteiger partial charge is 0.337 e. The smallest absolute Gasteiger partial charge is 0.262 e. The van der Waals surface area contributed by atoms with Gasteiger partial charge in [-0.1, -0.05) is 37.6 Å². The minimum Gasteiger partial charge on any atom is -0.337 e. The van der Waals surface area contributed by atoms with Gasteiger partial charge in [-0.3, -0.25) is 14.5 Å². The maximum absolute atomic E-state index is 13.1. The van der Waals surface area contributed by atoms with Gasteiger partial charge < -0.3 is 4.90 Å². The molecule has 2 aromatic carbocycles. The normalized spacial score (nSPS) is 11.2. The van der Waals surface area contributed by atoms with Crippen LogP contribution in [0.15, 0.2) is 71.9 Å². The SMILES string of the molecule is CCCCc1ccc(NS(=O)(=O)c2cc(C(=O)N(C)Cc3cccnc3)ccc2C)cc1. The molecule has 0 aliphatic carbocycles. The van der Waals surface area contributed by atoms with Crippen molar-refractivity contribution in [2.75, 3.05) is 11.8 Å². The molecule has 0 saturated carbocycles. The highest BCUT2D eigenvalue weighted by Crippen LogP contribution is 2.22. The minimum atomic E-state index is -3.85. The van der Waals surface area contributed by atoms with Crippen LogP contribution < -0.4 is 4.72 Å². The lowest BCUT2D eigenvalue weighted by Crippen LogP contribution is -2.26. The molecule has 0 aliphatic rings. The molecule has 0 aliphatic heterocycles. The zero-order valence-electron chi connectivity index (χ0n) is 18.7. The molecular weight excluding hydrogens is 422 g/mol. The number of sulfonamides is 1. The maximum atomic E-state index is 13.1. The average Bonchev–Trinajstić information content (AvgIpc) is 2.78. The van der Waals surface area contributed by atoms with E-state index in [0.717, 1.165) is 24.8 Å². The molecule has 32 heavy (non-hydrogen) atoms. The number of carbonyl (C=O) groups excluding carboxylic acids is 1. The summed E-state index contributed by atoms with van der Waals surface area (Å²) in [6.07, 6.45) is 6.56. The van der Waals surface area contributed by atoms with Crippen LogP contribution in [-0.2, 0) is 23.0 Å². The Bertz CT molecular complexity index is 1160. The quantitative estimate of drug-likeness (QED) is 0.507. The predicted octanol–water partition coefficient (Wildman–Crippen LogP) is 4.81. The van der Waals surface area contributed by atoms with Crippen molar-refractivity contribution in [1.82, 2.24) is 9.88 Å². The minimum absolute atomic E-state index is 0.0909. The van der Waals surface area contributed by atoms with Crippen LogP contribution in [0.25, 0.3) is 0 Å². The molecule has 0 radical (unpaired) electrons. The highest BCUT2D eigenvalue weighted by Gasteiger charge is 2.21. The fourth-order valence-corrected chi connectivity index (χ4v) is 4.74. The van der Waals surface area contributed by atoms with Crippen molar-refractivity contribution < 1.29 is 13.2 Å². The molecule has 0 saturated heterocycles. The number of amides is 1. The first-order chi connectivity index (χ1) is 15.3. The van der Waals surface area contributed by atoms with Gasteiger partial charge in [0.15, 0.2) is 0 Å². The first-order valence-electron chi connectivity index (χ1n) is 10.7. The molecule has 7 heteroatoms. The van der Waals surface area contributed by atoms with Crippen LogP contribution in [-0.4, -0.2) is 31.3 Å². The summed E-state index contributed by atoms with van der Waals surface area (Å²) in [5.41, 5.74) is 3.46. The van der Waals surface area contributed by atoms with Crippen molar-refractivity contribution in [2.24, 2.45) is 0 Å². The number of nitrogens with zero attached hydrogens (tertiary/aromatic N) is 2. The highest BCUT2D eigenvalue weighted by molar-refractivity contribution is 7.92. The third-order valence-electron chi connectivity index (χ3n) is 5.24.